The SMILES string of the molecule is C=C(Cl)COC1CCCCC1N. The summed E-state index contributed by atoms with van der Waals surface area (Å²) in [5.41, 5.74) is 5.87. The zero-order valence-electron chi connectivity index (χ0n) is 7.26. The van der Waals surface area contributed by atoms with Gasteiger partial charge in [0.15, 0.2) is 0 Å². The number of ether oxygens (including phenoxy) is 1. The zero-order valence-corrected chi connectivity index (χ0v) is 8.02. The van der Waals surface area contributed by atoms with E-state index in [1.54, 1.807) is 0 Å². The van der Waals surface area contributed by atoms with Crippen LogP contribution in [0.2, 0.25) is 0 Å². The maximum absolute atomic E-state index is 5.87. The van der Waals surface area contributed by atoms with Crippen molar-refractivity contribution in [2.45, 2.75) is 37.8 Å². The van der Waals surface area contributed by atoms with Crippen LogP contribution in [-0.2, 0) is 4.74 Å². The molecule has 1 fully saturated rings. The Morgan fingerprint density at radius 2 is 2.17 bits per heavy atom. The van der Waals surface area contributed by atoms with E-state index < -0.39 is 0 Å². The lowest BCUT2D eigenvalue weighted by atomic mass is 9.93. The van der Waals surface area contributed by atoms with Gasteiger partial charge in [-0.3, -0.25) is 0 Å². The molecule has 0 spiro atoms. The van der Waals surface area contributed by atoms with Gasteiger partial charge < -0.3 is 10.5 Å². The number of halogens is 1. The molecule has 0 heterocycles. The lowest BCUT2D eigenvalue weighted by Gasteiger charge is -2.28. The smallest absolute Gasteiger partial charge is 0.0821 e. The highest BCUT2D eigenvalue weighted by atomic mass is 35.5. The standard InChI is InChI=1S/C9H16ClNO/c1-7(10)6-12-9-5-3-2-4-8(9)11/h8-9H,1-6,11H2. The first-order valence-corrected chi connectivity index (χ1v) is 4.78. The van der Waals surface area contributed by atoms with Gasteiger partial charge in [0.05, 0.1) is 12.7 Å². The normalized spacial score (nSPS) is 30.2. The van der Waals surface area contributed by atoms with E-state index >= 15 is 0 Å². The summed E-state index contributed by atoms with van der Waals surface area (Å²) in [6.45, 7) is 3.99. The summed E-state index contributed by atoms with van der Waals surface area (Å²) in [7, 11) is 0. The van der Waals surface area contributed by atoms with Crippen LogP contribution in [0.5, 0.6) is 0 Å². The van der Waals surface area contributed by atoms with Crippen molar-refractivity contribution in [2.24, 2.45) is 5.73 Å². The largest absolute Gasteiger partial charge is 0.371 e. The molecule has 2 nitrogen and oxygen atoms in total. The molecular formula is C9H16ClNO. The lowest BCUT2D eigenvalue weighted by Crippen LogP contribution is -2.39. The van der Waals surface area contributed by atoms with Gasteiger partial charge in [0.1, 0.15) is 0 Å². The molecule has 0 aromatic carbocycles. The van der Waals surface area contributed by atoms with Gasteiger partial charge in [-0.15, -0.1) is 0 Å². The molecule has 1 aliphatic carbocycles. The maximum atomic E-state index is 5.87. The molecule has 2 atom stereocenters. The van der Waals surface area contributed by atoms with E-state index in [9.17, 15) is 0 Å². The fourth-order valence-corrected chi connectivity index (χ4v) is 1.59. The molecule has 1 aliphatic rings. The van der Waals surface area contributed by atoms with Gasteiger partial charge in [0, 0.05) is 11.1 Å². The Morgan fingerprint density at radius 3 is 2.75 bits per heavy atom. The van der Waals surface area contributed by atoms with Gasteiger partial charge in [0.25, 0.3) is 0 Å². The second-order valence-corrected chi connectivity index (χ2v) is 3.85. The van der Waals surface area contributed by atoms with Crippen molar-refractivity contribution in [3.8, 4) is 0 Å². The molecule has 0 bridgehead atoms. The van der Waals surface area contributed by atoms with E-state index in [2.05, 4.69) is 6.58 Å². The second kappa shape index (κ2) is 4.85. The van der Waals surface area contributed by atoms with Gasteiger partial charge in [-0.05, 0) is 12.8 Å². The molecular weight excluding hydrogens is 174 g/mol. The molecule has 12 heavy (non-hydrogen) atoms. The fourth-order valence-electron chi connectivity index (χ4n) is 1.53. The van der Waals surface area contributed by atoms with Crippen molar-refractivity contribution in [2.75, 3.05) is 6.61 Å². The first kappa shape index (κ1) is 10.0. The van der Waals surface area contributed by atoms with Crippen molar-refractivity contribution in [3.05, 3.63) is 11.6 Å². The van der Waals surface area contributed by atoms with E-state index in [0.29, 0.717) is 11.6 Å². The Kier molecular flexibility index (Phi) is 4.06. The maximum Gasteiger partial charge on any atom is 0.0821 e. The van der Waals surface area contributed by atoms with Crippen molar-refractivity contribution in [1.29, 1.82) is 0 Å². The predicted molar refractivity (Wildman–Crippen MR) is 51.2 cm³/mol. The Morgan fingerprint density at radius 1 is 1.50 bits per heavy atom. The number of hydrogen-bond acceptors (Lipinski definition) is 2. The monoisotopic (exact) mass is 189 g/mol. The molecule has 2 N–H and O–H groups in total. The molecule has 1 rings (SSSR count). The van der Waals surface area contributed by atoms with Crippen molar-refractivity contribution < 1.29 is 4.74 Å². The van der Waals surface area contributed by atoms with Crippen molar-refractivity contribution in [1.82, 2.24) is 0 Å². The summed E-state index contributed by atoms with van der Waals surface area (Å²) in [5.74, 6) is 0. The van der Waals surface area contributed by atoms with E-state index in [-0.39, 0.29) is 12.1 Å². The summed E-state index contributed by atoms with van der Waals surface area (Å²) in [6, 6.07) is 0.190. The summed E-state index contributed by atoms with van der Waals surface area (Å²) >= 11 is 5.58. The van der Waals surface area contributed by atoms with Gasteiger partial charge in [-0.1, -0.05) is 31.0 Å². The topological polar surface area (TPSA) is 35.2 Å². The van der Waals surface area contributed by atoms with E-state index in [1.807, 2.05) is 0 Å². The second-order valence-electron chi connectivity index (χ2n) is 3.32. The first-order chi connectivity index (χ1) is 5.70. The molecule has 0 radical (unpaired) electrons. The molecule has 0 amide bonds. The van der Waals surface area contributed by atoms with Crippen LogP contribution in [0.4, 0.5) is 0 Å². The molecule has 0 aromatic rings. The predicted octanol–water partition coefficient (Wildman–Crippen LogP) is 2.03. The molecule has 70 valence electrons. The molecule has 0 aromatic heterocycles. The van der Waals surface area contributed by atoms with Crippen LogP contribution in [-0.4, -0.2) is 18.8 Å². The van der Waals surface area contributed by atoms with Crippen LogP contribution in [0.3, 0.4) is 0 Å². The Labute approximate surface area is 78.7 Å². The summed E-state index contributed by atoms with van der Waals surface area (Å²) < 4.78 is 5.50. The highest BCUT2D eigenvalue weighted by Gasteiger charge is 2.21. The molecule has 3 heteroatoms. The number of nitrogens with two attached hydrogens (primary N) is 1. The van der Waals surface area contributed by atoms with Gasteiger partial charge in [0.2, 0.25) is 0 Å². The lowest BCUT2D eigenvalue weighted by molar-refractivity contribution is 0.0306. The summed E-state index contributed by atoms with van der Waals surface area (Å²) in [5, 5.41) is 0.549. The van der Waals surface area contributed by atoms with Crippen LogP contribution in [0.25, 0.3) is 0 Å². The minimum Gasteiger partial charge on any atom is -0.371 e. The molecule has 1 saturated carbocycles. The van der Waals surface area contributed by atoms with Crippen molar-refractivity contribution in [3.63, 3.8) is 0 Å². The first-order valence-electron chi connectivity index (χ1n) is 4.40. The average Bonchev–Trinajstić information content (AvgIpc) is 2.03. The third-order valence-corrected chi connectivity index (χ3v) is 2.32. The van der Waals surface area contributed by atoms with E-state index in [4.69, 9.17) is 22.1 Å². The Balaban J connectivity index is 2.24. The fraction of sp³-hybridized carbons (Fsp3) is 0.778. The van der Waals surface area contributed by atoms with Gasteiger partial charge >= 0.3 is 0 Å². The van der Waals surface area contributed by atoms with Crippen LogP contribution < -0.4 is 5.73 Å². The number of rotatable bonds is 3. The van der Waals surface area contributed by atoms with Crippen LogP contribution in [0.1, 0.15) is 25.7 Å². The number of hydrogen-bond donors (Lipinski definition) is 1. The van der Waals surface area contributed by atoms with E-state index in [1.165, 1.54) is 12.8 Å². The molecule has 2 unspecified atom stereocenters. The Hall–Kier alpha value is -0.0500. The zero-order chi connectivity index (χ0) is 8.97. The third-order valence-electron chi connectivity index (χ3n) is 2.21. The van der Waals surface area contributed by atoms with Crippen molar-refractivity contribution >= 4 is 11.6 Å². The quantitative estimate of drug-likeness (QED) is 0.738. The average molecular weight is 190 g/mol. The molecule has 0 aliphatic heterocycles. The third kappa shape index (κ3) is 3.13. The van der Waals surface area contributed by atoms with Crippen LogP contribution >= 0.6 is 11.6 Å². The van der Waals surface area contributed by atoms with E-state index in [0.717, 1.165) is 12.8 Å². The molecule has 0 saturated heterocycles. The summed E-state index contributed by atoms with van der Waals surface area (Å²) in [6.07, 6.45) is 4.76. The minimum absolute atomic E-state index is 0.189. The highest BCUT2D eigenvalue weighted by Crippen LogP contribution is 2.20. The highest BCUT2D eigenvalue weighted by molar-refractivity contribution is 6.29. The Bertz CT molecular complexity index is 161. The summed E-state index contributed by atoms with van der Waals surface area (Å²) in [4.78, 5) is 0. The van der Waals surface area contributed by atoms with Gasteiger partial charge in [-0.25, -0.2) is 0 Å². The van der Waals surface area contributed by atoms with Crippen LogP contribution in [0, 0.1) is 0 Å². The van der Waals surface area contributed by atoms with Gasteiger partial charge in [-0.2, -0.15) is 0 Å². The minimum atomic E-state index is 0.189. The van der Waals surface area contributed by atoms with Crippen LogP contribution in [0.15, 0.2) is 11.6 Å².